The molecule has 1 rings (SSSR count). The normalized spacial score (nSPS) is 10.1. The Balaban J connectivity index is 2.55. The number of nitrogens with one attached hydrogen (secondary N) is 1. The fraction of sp³-hybridized carbons (Fsp3) is 0.545. The average Bonchev–Trinajstić information content (AvgIpc) is 2.66. The van der Waals surface area contributed by atoms with Gasteiger partial charge in [0.25, 0.3) is 0 Å². The molecule has 0 saturated carbocycles. The van der Waals surface area contributed by atoms with Gasteiger partial charge in [-0.3, -0.25) is 9.48 Å². The molecule has 0 fully saturated rings. The van der Waals surface area contributed by atoms with Gasteiger partial charge in [-0.1, -0.05) is 6.92 Å². The van der Waals surface area contributed by atoms with Crippen molar-refractivity contribution in [1.29, 1.82) is 0 Å². The highest BCUT2D eigenvalue weighted by Gasteiger charge is 2.15. The van der Waals surface area contributed by atoms with E-state index in [1.165, 1.54) is 0 Å². The topological polar surface area (TPSA) is 73.2 Å². The van der Waals surface area contributed by atoms with Gasteiger partial charge in [0, 0.05) is 25.4 Å². The van der Waals surface area contributed by atoms with Crippen LogP contribution >= 0.6 is 0 Å². The molecule has 0 aromatic carbocycles. The van der Waals surface area contributed by atoms with E-state index in [4.69, 9.17) is 0 Å². The number of carbonyl (C=O) groups excluding carboxylic acids is 2. The first-order valence-corrected chi connectivity index (χ1v) is 5.54. The monoisotopic (exact) mass is 239 g/mol. The Bertz CT molecular complexity index is 412. The molecule has 0 aliphatic heterocycles. The largest absolute Gasteiger partial charge is 0.459 e. The number of aryl methyl sites for hydroxylation is 2. The Hall–Kier alpha value is -1.85. The van der Waals surface area contributed by atoms with Crippen LogP contribution in [0.4, 0.5) is 0 Å². The number of esters is 1. The van der Waals surface area contributed by atoms with Gasteiger partial charge in [-0.2, -0.15) is 5.10 Å². The number of carbonyl (C=O) groups is 2. The SMILES string of the molecule is CCOC(=O)C(=O)NCc1cn(C)nc1CC. The minimum Gasteiger partial charge on any atom is -0.459 e. The Morgan fingerprint density at radius 2 is 2.18 bits per heavy atom. The van der Waals surface area contributed by atoms with Gasteiger partial charge >= 0.3 is 11.9 Å². The summed E-state index contributed by atoms with van der Waals surface area (Å²) in [4.78, 5) is 22.4. The van der Waals surface area contributed by atoms with Crippen molar-refractivity contribution in [3.8, 4) is 0 Å². The number of ether oxygens (including phenoxy) is 1. The van der Waals surface area contributed by atoms with Crippen LogP contribution in [0, 0.1) is 0 Å². The standard InChI is InChI=1S/C11H17N3O3/c1-4-9-8(7-14(3)13-9)6-12-10(15)11(16)17-5-2/h7H,4-6H2,1-3H3,(H,12,15). The molecule has 0 aliphatic carbocycles. The van der Waals surface area contributed by atoms with E-state index < -0.39 is 11.9 Å². The van der Waals surface area contributed by atoms with Crippen molar-refractivity contribution in [2.24, 2.45) is 7.05 Å². The third-order valence-electron chi connectivity index (χ3n) is 2.23. The Morgan fingerprint density at radius 1 is 1.47 bits per heavy atom. The average molecular weight is 239 g/mol. The van der Waals surface area contributed by atoms with Crippen molar-refractivity contribution in [2.45, 2.75) is 26.8 Å². The van der Waals surface area contributed by atoms with E-state index in [-0.39, 0.29) is 13.2 Å². The second kappa shape index (κ2) is 6.03. The zero-order valence-electron chi connectivity index (χ0n) is 10.3. The molecule has 1 heterocycles. The van der Waals surface area contributed by atoms with Crippen molar-refractivity contribution in [3.63, 3.8) is 0 Å². The zero-order valence-corrected chi connectivity index (χ0v) is 10.3. The van der Waals surface area contributed by atoms with Gasteiger partial charge in [-0.05, 0) is 13.3 Å². The summed E-state index contributed by atoms with van der Waals surface area (Å²) in [5, 5.41) is 6.74. The van der Waals surface area contributed by atoms with Crippen LogP contribution in [0.3, 0.4) is 0 Å². The van der Waals surface area contributed by atoms with Crippen LogP contribution in [0.25, 0.3) is 0 Å². The van der Waals surface area contributed by atoms with E-state index in [2.05, 4.69) is 15.2 Å². The second-order valence-electron chi connectivity index (χ2n) is 3.53. The molecule has 1 N–H and O–H groups in total. The van der Waals surface area contributed by atoms with E-state index in [0.717, 1.165) is 17.7 Å². The van der Waals surface area contributed by atoms with Crippen molar-refractivity contribution < 1.29 is 14.3 Å². The van der Waals surface area contributed by atoms with Gasteiger partial charge < -0.3 is 10.1 Å². The minimum absolute atomic E-state index is 0.194. The lowest BCUT2D eigenvalue weighted by Crippen LogP contribution is -2.32. The second-order valence-corrected chi connectivity index (χ2v) is 3.53. The molecular weight excluding hydrogens is 222 g/mol. The summed E-state index contributed by atoms with van der Waals surface area (Å²) in [5.74, 6) is -1.58. The molecule has 1 aromatic heterocycles. The molecule has 0 radical (unpaired) electrons. The molecular formula is C11H17N3O3. The predicted molar refractivity (Wildman–Crippen MR) is 61.1 cm³/mol. The first-order valence-electron chi connectivity index (χ1n) is 5.54. The number of hydrogen-bond acceptors (Lipinski definition) is 4. The fourth-order valence-corrected chi connectivity index (χ4v) is 1.47. The highest BCUT2D eigenvalue weighted by atomic mass is 16.5. The molecule has 6 heteroatoms. The number of amides is 1. The summed E-state index contributed by atoms with van der Waals surface area (Å²) in [6.07, 6.45) is 2.61. The maximum Gasteiger partial charge on any atom is 0.396 e. The maximum absolute atomic E-state index is 11.3. The predicted octanol–water partition coefficient (Wildman–Crippen LogP) is 0.162. The van der Waals surface area contributed by atoms with Gasteiger partial charge in [0.2, 0.25) is 0 Å². The van der Waals surface area contributed by atoms with Crippen LogP contribution in [0.15, 0.2) is 6.20 Å². The summed E-state index contributed by atoms with van der Waals surface area (Å²) in [7, 11) is 1.82. The van der Waals surface area contributed by atoms with Crippen LogP contribution < -0.4 is 5.32 Å². The molecule has 0 bridgehead atoms. The van der Waals surface area contributed by atoms with Crippen LogP contribution in [0.5, 0.6) is 0 Å². The maximum atomic E-state index is 11.3. The summed E-state index contributed by atoms with van der Waals surface area (Å²) >= 11 is 0. The van der Waals surface area contributed by atoms with Gasteiger partial charge in [0.1, 0.15) is 0 Å². The van der Waals surface area contributed by atoms with Gasteiger partial charge in [-0.15, -0.1) is 0 Å². The first kappa shape index (κ1) is 13.2. The molecule has 94 valence electrons. The Morgan fingerprint density at radius 3 is 2.76 bits per heavy atom. The lowest BCUT2D eigenvalue weighted by molar-refractivity contribution is -0.154. The fourth-order valence-electron chi connectivity index (χ4n) is 1.47. The zero-order chi connectivity index (χ0) is 12.8. The number of rotatable bonds is 4. The van der Waals surface area contributed by atoms with Gasteiger partial charge in [0.15, 0.2) is 0 Å². The molecule has 0 aliphatic rings. The van der Waals surface area contributed by atoms with Crippen LogP contribution in [0.1, 0.15) is 25.1 Å². The smallest absolute Gasteiger partial charge is 0.396 e. The van der Waals surface area contributed by atoms with E-state index in [0.29, 0.717) is 0 Å². The summed E-state index contributed by atoms with van der Waals surface area (Å²) in [6.45, 7) is 4.12. The molecule has 1 amide bonds. The van der Waals surface area contributed by atoms with Crippen LogP contribution in [0.2, 0.25) is 0 Å². The van der Waals surface area contributed by atoms with E-state index >= 15 is 0 Å². The first-order chi connectivity index (χ1) is 8.08. The quantitative estimate of drug-likeness (QED) is 0.600. The van der Waals surface area contributed by atoms with Crippen molar-refractivity contribution in [3.05, 3.63) is 17.5 Å². The Labute approximate surface area is 99.9 Å². The van der Waals surface area contributed by atoms with Crippen molar-refractivity contribution in [2.75, 3.05) is 6.61 Å². The van der Waals surface area contributed by atoms with Gasteiger partial charge in [-0.25, -0.2) is 4.79 Å². The number of aromatic nitrogens is 2. The lowest BCUT2D eigenvalue weighted by atomic mass is 10.2. The highest BCUT2D eigenvalue weighted by Crippen LogP contribution is 2.06. The third-order valence-corrected chi connectivity index (χ3v) is 2.23. The Kier molecular flexibility index (Phi) is 4.68. The molecule has 0 spiro atoms. The third kappa shape index (κ3) is 3.58. The van der Waals surface area contributed by atoms with Crippen LogP contribution in [-0.4, -0.2) is 28.3 Å². The van der Waals surface area contributed by atoms with E-state index in [1.807, 2.05) is 20.2 Å². The molecule has 0 unspecified atom stereocenters. The highest BCUT2D eigenvalue weighted by molar-refractivity contribution is 6.32. The molecule has 0 saturated heterocycles. The van der Waals surface area contributed by atoms with Crippen LogP contribution in [-0.2, 0) is 34.3 Å². The van der Waals surface area contributed by atoms with Crippen molar-refractivity contribution in [1.82, 2.24) is 15.1 Å². The minimum atomic E-state index is -0.852. The molecule has 0 atom stereocenters. The molecule has 6 nitrogen and oxygen atoms in total. The number of nitrogens with zero attached hydrogens (tertiary/aromatic N) is 2. The van der Waals surface area contributed by atoms with E-state index in [1.54, 1.807) is 11.6 Å². The van der Waals surface area contributed by atoms with E-state index in [9.17, 15) is 9.59 Å². The lowest BCUT2D eigenvalue weighted by Gasteiger charge is -2.03. The van der Waals surface area contributed by atoms with Gasteiger partial charge in [0.05, 0.1) is 12.3 Å². The molecule has 1 aromatic rings. The summed E-state index contributed by atoms with van der Waals surface area (Å²) < 4.78 is 6.27. The summed E-state index contributed by atoms with van der Waals surface area (Å²) in [5.41, 5.74) is 1.82. The molecule has 17 heavy (non-hydrogen) atoms. The van der Waals surface area contributed by atoms with Crippen molar-refractivity contribution >= 4 is 11.9 Å². The number of hydrogen-bond donors (Lipinski definition) is 1. The summed E-state index contributed by atoms with van der Waals surface area (Å²) in [6, 6.07) is 0.